The molecule has 0 radical (unpaired) electrons. The molecule has 2 heterocycles. The lowest BCUT2D eigenvalue weighted by Crippen LogP contribution is -2.57. The number of rotatable bonds is 6. The van der Waals surface area contributed by atoms with Crippen LogP contribution in [0.4, 0.5) is 11.4 Å². The summed E-state index contributed by atoms with van der Waals surface area (Å²) in [5.74, 6) is -6.37. The molecule has 2 aliphatic rings. The molecular formula is C14H12N2O8. The van der Waals surface area contributed by atoms with E-state index in [1.165, 1.54) is 24.3 Å². The molecule has 2 bridgehead atoms. The van der Waals surface area contributed by atoms with Crippen LogP contribution in [0.1, 0.15) is 6.42 Å². The van der Waals surface area contributed by atoms with Crippen molar-refractivity contribution in [1.82, 2.24) is 0 Å². The summed E-state index contributed by atoms with van der Waals surface area (Å²) in [5.41, 5.74) is -0.555. The quantitative estimate of drug-likeness (QED) is 0.561. The first-order chi connectivity index (χ1) is 11.2. The smallest absolute Gasteiger partial charge is 0.353 e. The Hall–Kier alpha value is -3.43. The fourth-order valence-corrected chi connectivity index (χ4v) is 2.41. The van der Waals surface area contributed by atoms with E-state index in [1.54, 1.807) is 0 Å². The van der Waals surface area contributed by atoms with Gasteiger partial charge in [-0.2, -0.15) is 0 Å². The standard InChI is InChI=1S/C14H12N2O8/c17-9(18)5-8(12(19)20)16-7-3-1-6(2-4-7)15-10(13(21)22)11(16)14(23)24/h1-4,8,11H,5H2,(H,17,18)(H,19,20)(H,21,22)(H,23,24). The second kappa shape index (κ2) is 6.36. The van der Waals surface area contributed by atoms with Crippen LogP contribution in [0.25, 0.3) is 0 Å². The van der Waals surface area contributed by atoms with Gasteiger partial charge in [0.05, 0.1) is 12.1 Å². The van der Waals surface area contributed by atoms with Crippen LogP contribution in [0.15, 0.2) is 29.3 Å². The van der Waals surface area contributed by atoms with Crippen molar-refractivity contribution in [3.05, 3.63) is 24.3 Å². The van der Waals surface area contributed by atoms with Gasteiger partial charge >= 0.3 is 23.9 Å². The Bertz CT molecular complexity index is 740. The lowest BCUT2D eigenvalue weighted by Gasteiger charge is -2.35. The Morgan fingerprint density at radius 2 is 1.62 bits per heavy atom. The summed E-state index contributed by atoms with van der Waals surface area (Å²) < 4.78 is 0. The number of benzene rings is 1. The molecule has 1 aromatic carbocycles. The number of carboxylic acid groups (broad SMARTS) is 4. The highest BCUT2D eigenvalue weighted by Gasteiger charge is 2.43. The van der Waals surface area contributed by atoms with E-state index < -0.39 is 48.1 Å². The van der Waals surface area contributed by atoms with Crippen molar-refractivity contribution < 1.29 is 39.6 Å². The van der Waals surface area contributed by atoms with Crippen molar-refractivity contribution >= 4 is 41.0 Å². The van der Waals surface area contributed by atoms with Gasteiger partial charge in [-0.1, -0.05) is 0 Å². The molecule has 0 saturated heterocycles. The SMILES string of the molecule is O=C(O)CC(C(=O)O)N1c2ccc(cc2)N=C(C(=O)O)C1C(=O)O. The van der Waals surface area contributed by atoms with Gasteiger partial charge in [-0.05, 0) is 24.3 Å². The van der Waals surface area contributed by atoms with Gasteiger partial charge in [0, 0.05) is 5.69 Å². The number of fused-ring (bicyclic) bond motifs is 4. The van der Waals surface area contributed by atoms with E-state index >= 15 is 0 Å². The number of hydrogen-bond acceptors (Lipinski definition) is 6. The number of carboxylic acids is 4. The summed E-state index contributed by atoms with van der Waals surface area (Å²) in [6.45, 7) is 0. The summed E-state index contributed by atoms with van der Waals surface area (Å²) in [5, 5.41) is 37.0. The molecule has 24 heavy (non-hydrogen) atoms. The van der Waals surface area contributed by atoms with Crippen molar-refractivity contribution in [3.8, 4) is 0 Å². The molecule has 0 aromatic heterocycles. The van der Waals surface area contributed by atoms with Gasteiger partial charge in [-0.15, -0.1) is 0 Å². The van der Waals surface area contributed by atoms with Crippen molar-refractivity contribution in [2.24, 2.45) is 4.99 Å². The molecule has 2 unspecified atom stereocenters. The largest absolute Gasteiger partial charge is 0.481 e. The third-order valence-corrected chi connectivity index (χ3v) is 3.38. The van der Waals surface area contributed by atoms with E-state index in [0.717, 1.165) is 4.90 Å². The molecule has 0 amide bonds. The normalized spacial score (nSPS) is 17.4. The van der Waals surface area contributed by atoms with E-state index in [0.29, 0.717) is 0 Å². The second-order valence-electron chi connectivity index (χ2n) is 4.92. The van der Waals surface area contributed by atoms with E-state index in [9.17, 15) is 34.5 Å². The highest BCUT2D eigenvalue weighted by molar-refractivity contribution is 6.43. The summed E-state index contributed by atoms with van der Waals surface area (Å²) >= 11 is 0. The molecule has 2 aliphatic heterocycles. The average Bonchev–Trinajstić information content (AvgIpc) is 2.45. The summed E-state index contributed by atoms with van der Waals surface area (Å²) in [7, 11) is 0. The Morgan fingerprint density at radius 3 is 2.04 bits per heavy atom. The van der Waals surface area contributed by atoms with E-state index in [2.05, 4.69) is 4.99 Å². The third-order valence-electron chi connectivity index (χ3n) is 3.38. The Balaban J connectivity index is 2.70. The van der Waals surface area contributed by atoms with Gasteiger partial charge in [-0.25, -0.2) is 19.4 Å². The molecule has 0 fully saturated rings. The molecular weight excluding hydrogens is 324 g/mol. The number of aliphatic imine (C=N–C) groups is 1. The number of anilines is 1. The monoisotopic (exact) mass is 336 g/mol. The van der Waals surface area contributed by atoms with Crippen molar-refractivity contribution in [3.63, 3.8) is 0 Å². The maximum Gasteiger partial charge on any atom is 0.353 e. The van der Waals surface area contributed by atoms with Crippen molar-refractivity contribution in [1.29, 1.82) is 0 Å². The molecule has 0 aliphatic carbocycles. The zero-order valence-corrected chi connectivity index (χ0v) is 12.0. The summed E-state index contributed by atoms with van der Waals surface area (Å²) in [4.78, 5) is 50.0. The fourth-order valence-electron chi connectivity index (χ4n) is 2.41. The molecule has 4 N–H and O–H groups in total. The lowest BCUT2D eigenvalue weighted by atomic mass is 10.0. The van der Waals surface area contributed by atoms with Crippen LogP contribution in [0.2, 0.25) is 0 Å². The predicted molar refractivity (Wildman–Crippen MR) is 78.8 cm³/mol. The highest BCUT2D eigenvalue weighted by Crippen LogP contribution is 2.29. The van der Waals surface area contributed by atoms with E-state index in [-0.39, 0.29) is 11.4 Å². The van der Waals surface area contributed by atoms with Crippen LogP contribution in [-0.2, 0) is 19.2 Å². The Labute approximate surface area is 134 Å². The maximum atomic E-state index is 11.6. The maximum absolute atomic E-state index is 11.6. The molecule has 0 saturated carbocycles. The van der Waals surface area contributed by atoms with Crippen LogP contribution in [-0.4, -0.2) is 62.1 Å². The van der Waals surface area contributed by atoms with Crippen LogP contribution >= 0.6 is 0 Å². The highest BCUT2D eigenvalue weighted by atomic mass is 16.4. The second-order valence-corrected chi connectivity index (χ2v) is 4.92. The van der Waals surface area contributed by atoms with E-state index in [1.807, 2.05) is 0 Å². The number of carbonyl (C=O) groups is 4. The Kier molecular flexibility index (Phi) is 4.49. The number of aliphatic carboxylic acids is 4. The van der Waals surface area contributed by atoms with Gasteiger partial charge in [0.15, 0.2) is 11.8 Å². The molecule has 10 nitrogen and oxygen atoms in total. The molecule has 10 heteroatoms. The van der Waals surface area contributed by atoms with Crippen LogP contribution in [0, 0.1) is 0 Å². The van der Waals surface area contributed by atoms with E-state index in [4.69, 9.17) is 5.11 Å². The van der Waals surface area contributed by atoms with Crippen molar-refractivity contribution in [2.75, 3.05) is 4.90 Å². The first-order valence-corrected chi connectivity index (χ1v) is 6.60. The third kappa shape index (κ3) is 3.16. The number of hydrogen-bond donors (Lipinski definition) is 4. The van der Waals surface area contributed by atoms with Crippen molar-refractivity contribution in [2.45, 2.75) is 18.5 Å². The van der Waals surface area contributed by atoms with Gasteiger partial charge < -0.3 is 25.3 Å². The molecule has 3 rings (SSSR count). The summed E-state index contributed by atoms with van der Waals surface area (Å²) in [6.07, 6.45) is -0.923. The van der Waals surface area contributed by atoms with Crippen LogP contribution in [0.5, 0.6) is 0 Å². The first kappa shape index (κ1) is 16.9. The first-order valence-electron chi connectivity index (χ1n) is 6.60. The minimum atomic E-state index is -1.96. The minimum Gasteiger partial charge on any atom is -0.481 e. The van der Waals surface area contributed by atoms with Gasteiger partial charge in [0.2, 0.25) is 0 Å². The van der Waals surface area contributed by atoms with Gasteiger partial charge in [0.25, 0.3) is 0 Å². The fraction of sp³-hybridized carbons (Fsp3) is 0.214. The zero-order chi connectivity index (χ0) is 18.0. The minimum absolute atomic E-state index is 0.0634. The molecule has 2 atom stereocenters. The van der Waals surface area contributed by atoms with Gasteiger partial charge in [-0.3, -0.25) is 4.79 Å². The molecule has 126 valence electrons. The number of nitrogens with zero attached hydrogens (tertiary/aromatic N) is 2. The average molecular weight is 336 g/mol. The summed E-state index contributed by atoms with van der Waals surface area (Å²) in [6, 6.07) is 1.71. The molecule has 1 aromatic rings. The van der Waals surface area contributed by atoms with Gasteiger partial charge in [0.1, 0.15) is 6.04 Å². The topological polar surface area (TPSA) is 165 Å². The van der Waals surface area contributed by atoms with Crippen LogP contribution in [0.3, 0.4) is 0 Å². The van der Waals surface area contributed by atoms with Crippen LogP contribution < -0.4 is 4.90 Å². The zero-order valence-electron chi connectivity index (χ0n) is 12.0. The Morgan fingerprint density at radius 1 is 1.04 bits per heavy atom. The molecule has 0 spiro atoms. The predicted octanol–water partition coefficient (Wildman–Crippen LogP) is 0.0448. The lowest BCUT2D eigenvalue weighted by molar-refractivity contribution is -0.146.